The number of carboxylic acid groups (broad SMARTS) is 1. The van der Waals surface area contributed by atoms with Crippen LogP contribution in [0, 0.1) is 0 Å². The van der Waals surface area contributed by atoms with Gasteiger partial charge in [0.15, 0.2) is 0 Å². The first kappa shape index (κ1) is 21.4. The van der Waals surface area contributed by atoms with Gasteiger partial charge in [-0.05, 0) is 38.5 Å². The van der Waals surface area contributed by atoms with Gasteiger partial charge in [-0.1, -0.05) is 68.4 Å². The van der Waals surface area contributed by atoms with Crippen molar-refractivity contribution >= 4 is 5.97 Å². The molecule has 2 N–H and O–H groups in total. The van der Waals surface area contributed by atoms with Crippen LogP contribution in [0.25, 0.3) is 0 Å². The van der Waals surface area contributed by atoms with Crippen LogP contribution in [0.15, 0.2) is 48.6 Å². The SMILES string of the molecule is CCCCC/C=C/C/C=C/C/C=C/C=C/C(O)CCCC(=O)O. The lowest BCUT2D eigenvalue weighted by Crippen LogP contribution is -2.03. The van der Waals surface area contributed by atoms with E-state index in [2.05, 4.69) is 31.2 Å². The lowest BCUT2D eigenvalue weighted by atomic mass is 10.1. The molecule has 0 fully saturated rings. The first-order valence-corrected chi connectivity index (χ1v) is 8.70. The molecule has 0 aromatic heterocycles. The Balaban J connectivity index is 3.59. The number of aliphatic hydroxyl groups is 1. The first-order chi connectivity index (χ1) is 11.2. The van der Waals surface area contributed by atoms with E-state index in [0.717, 1.165) is 12.8 Å². The van der Waals surface area contributed by atoms with Crippen molar-refractivity contribution < 1.29 is 15.0 Å². The van der Waals surface area contributed by atoms with Crippen molar-refractivity contribution in [1.82, 2.24) is 0 Å². The summed E-state index contributed by atoms with van der Waals surface area (Å²) in [5, 5.41) is 18.1. The molecule has 0 aromatic rings. The summed E-state index contributed by atoms with van der Waals surface area (Å²) in [5.74, 6) is -0.816. The first-order valence-electron chi connectivity index (χ1n) is 8.70. The van der Waals surface area contributed by atoms with Crippen LogP contribution < -0.4 is 0 Å². The molecule has 0 saturated carbocycles. The molecule has 0 amide bonds. The maximum absolute atomic E-state index is 10.3. The summed E-state index contributed by atoms with van der Waals surface area (Å²) in [7, 11) is 0. The van der Waals surface area contributed by atoms with Gasteiger partial charge in [0.1, 0.15) is 0 Å². The molecule has 0 radical (unpaired) electrons. The Morgan fingerprint density at radius 3 is 2.35 bits per heavy atom. The second kappa shape index (κ2) is 16.8. The van der Waals surface area contributed by atoms with Crippen molar-refractivity contribution in [2.24, 2.45) is 0 Å². The van der Waals surface area contributed by atoms with Gasteiger partial charge < -0.3 is 10.2 Å². The third kappa shape index (κ3) is 18.3. The monoisotopic (exact) mass is 320 g/mol. The number of carbonyl (C=O) groups is 1. The predicted molar refractivity (Wildman–Crippen MR) is 97.4 cm³/mol. The van der Waals surface area contributed by atoms with Gasteiger partial charge in [-0.2, -0.15) is 0 Å². The zero-order chi connectivity index (χ0) is 17.2. The average Bonchev–Trinajstić information content (AvgIpc) is 2.51. The third-order valence-electron chi connectivity index (χ3n) is 3.32. The number of unbranched alkanes of at least 4 members (excludes halogenated alkanes) is 3. The van der Waals surface area contributed by atoms with E-state index in [1.54, 1.807) is 6.08 Å². The van der Waals surface area contributed by atoms with Crippen LogP contribution in [-0.4, -0.2) is 22.3 Å². The van der Waals surface area contributed by atoms with Crippen molar-refractivity contribution in [1.29, 1.82) is 0 Å². The highest BCUT2D eigenvalue weighted by atomic mass is 16.4. The Kier molecular flexibility index (Phi) is 15.6. The maximum atomic E-state index is 10.3. The Labute approximate surface area is 141 Å². The molecule has 0 spiro atoms. The molecule has 0 heterocycles. The number of hydrogen-bond donors (Lipinski definition) is 2. The lowest BCUT2D eigenvalue weighted by molar-refractivity contribution is -0.137. The van der Waals surface area contributed by atoms with E-state index in [0.29, 0.717) is 12.8 Å². The van der Waals surface area contributed by atoms with Crippen LogP contribution in [0.1, 0.15) is 64.7 Å². The summed E-state index contributed by atoms with van der Waals surface area (Å²) < 4.78 is 0. The minimum absolute atomic E-state index is 0.110. The topological polar surface area (TPSA) is 57.5 Å². The van der Waals surface area contributed by atoms with Gasteiger partial charge in [0.2, 0.25) is 0 Å². The molecule has 3 heteroatoms. The molecule has 0 rings (SSSR count). The van der Waals surface area contributed by atoms with Crippen LogP contribution in [0.2, 0.25) is 0 Å². The van der Waals surface area contributed by atoms with Crippen molar-refractivity contribution in [2.75, 3.05) is 0 Å². The van der Waals surface area contributed by atoms with Crippen LogP contribution in [0.4, 0.5) is 0 Å². The van der Waals surface area contributed by atoms with Gasteiger partial charge in [-0.25, -0.2) is 0 Å². The Morgan fingerprint density at radius 2 is 1.65 bits per heavy atom. The summed E-state index contributed by atoms with van der Waals surface area (Å²) in [6.45, 7) is 2.22. The van der Waals surface area contributed by atoms with E-state index in [-0.39, 0.29) is 6.42 Å². The number of aliphatic carboxylic acids is 1. The molecule has 23 heavy (non-hydrogen) atoms. The van der Waals surface area contributed by atoms with Gasteiger partial charge in [-0.3, -0.25) is 4.79 Å². The van der Waals surface area contributed by atoms with Crippen LogP contribution in [-0.2, 0) is 4.79 Å². The van der Waals surface area contributed by atoms with Gasteiger partial charge in [0.05, 0.1) is 6.10 Å². The van der Waals surface area contributed by atoms with Crippen LogP contribution in [0.5, 0.6) is 0 Å². The van der Waals surface area contributed by atoms with E-state index in [4.69, 9.17) is 5.11 Å². The van der Waals surface area contributed by atoms with Crippen LogP contribution in [0.3, 0.4) is 0 Å². The molecule has 0 aliphatic rings. The number of aliphatic hydroxyl groups excluding tert-OH is 1. The van der Waals surface area contributed by atoms with Crippen molar-refractivity contribution in [2.45, 2.75) is 70.8 Å². The molecule has 0 aliphatic carbocycles. The largest absolute Gasteiger partial charge is 0.481 e. The predicted octanol–water partition coefficient (Wildman–Crippen LogP) is 5.19. The molecule has 0 saturated heterocycles. The Morgan fingerprint density at radius 1 is 0.957 bits per heavy atom. The zero-order valence-corrected chi connectivity index (χ0v) is 14.4. The van der Waals surface area contributed by atoms with Crippen molar-refractivity contribution in [3.8, 4) is 0 Å². The maximum Gasteiger partial charge on any atom is 0.303 e. The number of carboxylic acids is 1. The average molecular weight is 320 g/mol. The van der Waals surface area contributed by atoms with E-state index < -0.39 is 12.1 Å². The van der Waals surface area contributed by atoms with E-state index in [1.807, 2.05) is 18.2 Å². The lowest BCUT2D eigenvalue weighted by Gasteiger charge is -2.02. The summed E-state index contributed by atoms with van der Waals surface area (Å²) in [6.07, 6.45) is 23.6. The Hall–Kier alpha value is -1.61. The minimum atomic E-state index is -0.816. The second-order valence-electron chi connectivity index (χ2n) is 5.58. The molecule has 1 atom stereocenters. The number of allylic oxidation sites excluding steroid dienone is 7. The standard InChI is InChI=1S/C20H32O3/c1-2-3-4-5-6-7-8-9-10-11-12-13-14-16-19(21)17-15-18-20(22)23/h6-7,9-10,12-14,16,19,21H,2-5,8,11,15,17-18H2,1H3,(H,22,23)/b7-6+,10-9+,13-12+,16-14+. The summed E-state index contributed by atoms with van der Waals surface area (Å²) >= 11 is 0. The highest BCUT2D eigenvalue weighted by Gasteiger charge is 2.01. The molecule has 0 aromatic carbocycles. The summed E-state index contributed by atoms with van der Waals surface area (Å²) in [6, 6.07) is 0. The molecule has 0 bridgehead atoms. The van der Waals surface area contributed by atoms with Gasteiger partial charge in [0.25, 0.3) is 0 Å². The summed E-state index contributed by atoms with van der Waals surface area (Å²) in [4.78, 5) is 10.3. The third-order valence-corrected chi connectivity index (χ3v) is 3.32. The van der Waals surface area contributed by atoms with E-state index in [9.17, 15) is 9.90 Å². The molecule has 0 aliphatic heterocycles. The van der Waals surface area contributed by atoms with Crippen molar-refractivity contribution in [3.05, 3.63) is 48.6 Å². The van der Waals surface area contributed by atoms with E-state index in [1.165, 1.54) is 25.7 Å². The number of hydrogen-bond acceptors (Lipinski definition) is 2. The second-order valence-corrected chi connectivity index (χ2v) is 5.58. The van der Waals surface area contributed by atoms with Crippen molar-refractivity contribution in [3.63, 3.8) is 0 Å². The Bertz CT molecular complexity index is 392. The van der Waals surface area contributed by atoms with E-state index >= 15 is 0 Å². The molecular formula is C20H32O3. The van der Waals surface area contributed by atoms with Crippen LogP contribution >= 0.6 is 0 Å². The molecule has 1 unspecified atom stereocenters. The quantitative estimate of drug-likeness (QED) is 0.263. The smallest absolute Gasteiger partial charge is 0.303 e. The molecule has 130 valence electrons. The highest BCUT2D eigenvalue weighted by Crippen LogP contribution is 2.03. The highest BCUT2D eigenvalue weighted by molar-refractivity contribution is 5.66. The summed E-state index contributed by atoms with van der Waals surface area (Å²) in [5.41, 5.74) is 0. The van der Waals surface area contributed by atoms with Gasteiger partial charge >= 0.3 is 5.97 Å². The fraction of sp³-hybridized carbons (Fsp3) is 0.550. The van der Waals surface area contributed by atoms with Gasteiger partial charge in [-0.15, -0.1) is 0 Å². The number of rotatable bonds is 14. The fourth-order valence-electron chi connectivity index (χ4n) is 1.98. The molecule has 3 nitrogen and oxygen atoms in total. The fourth-order valence-corrected chi connectivity index (χ4v) is 1.98. The zero-order valence-electron chi connectivity index (χ0n) is 14.4. The normalized spacial score (nSPS) is 13.8. The minimum Gasteiger partial charge on any atom is -0.481 e. The van der Waals surface area contributed by atoms with Gasteiger partial charge in [0, 0.05) is 6.42 Å². The molecular weight excluding hydrogens is 288 g/mol.